The van der Waals surface area contributed by atoms with Gasteiger partial charge in [-0.05, 0) is 41.2 Å². The molecule has 3 aromatic rings. The molecule has 142 valence electrons. The van der Waals surface area contributed by atoms with Crippen LogP contribution < -0.4 is 0 Å². The molecule has 0 bridgehead atoms. The molecule has 0 radical (unpaired) electrons. The number of hydrogen-bond acceptors (Lipinski definition) is 2. The first-order valence-corrected chi connectivity index (χ1v) is 9.91. The zero-order valence-electron chi connectivity index (χ0n) is 15.5. The van der Waals surface area contributed by atoms with Crippen LogP contribution in [0.25, 0.3) is 11.1 Å². The van der Waals surface area contributed by atoms with E-state index in [4.69, 9.17) is 11.6 Å². The number of halogens is 1. The number of aliphatic carboxylic acids is 1. The van der Waals surface area contributed by atoms with Crippen LogP contribution in [0.5, 0.6) is 0 Å². The second kappa shape index (κ2) is 8.17. The fraction of sp³-hybridized carbons (Fsp3) is 0.208. The molecule has 1 saturated heterocycles. The van der Waals surface area contributed by atoms with Gasteiger partial charge in [-0.25, -0.2) is 0 Å². The van der Waals surface area contributed by atoms with Gasteiger partial charge in [-0.3, -0.25) is 9.69 Å². The Morgan fingerprint density at radius 1 is 0.929 bits per heavy atom. The van der Waals surface area contributed by atoms with Gasteiger partial charge in [-0.2, -0.15) is 0 Å². The molecule has 3 aromatic carbocycles. The van der Waals surface area contributed by atoms with Crippen LogP contribution in [0.1, 0.15) is 30.0 Å². The largest absolute Gasteiger partial charge is 0.480 e. The maximum absolute atomic E-state index is 11.8. The van der Waals surface area contributed by atoms with E-state index in [-0.39, 0.29) is 6.04 Å². The van der Waals surface area contributed by atoms with E-state index in [0.717, 1.165) is 35.2 Å². The van der Waals surface area contributed by atoms with Gasteiger partial charge in [-0.1, -0.05) is 84.4 Å². The van der Waals surface area contributed by atoms with E-state index in [0.29, 0.717) is 11.4 Å². The average molecular weight is 392 g/mol. The minimum Gasteiger partial charge on any atom is -0.480 e. The molecule has 0 aromatic heterocycles. The van der Waals surface area contributed by atoms with Crippen molar-refractivity contribution in [3.8, 4) is 11.1 Å². The second-order valence-electron chi connectivity index (χ2n) is 7.15. The van der Waals surface area contributed by atoms with Crippen molar-refractivity contribution in [2.75, 3.05) is 6.54 Å². The summed E-state index contributed by atoms with van der Waals surface area (Å²) in [6.45, 7) is 0.743. The van der Waals surface area contributed by atoms with Gasteiger partial charge < -0.3 is 5.11 Å². The minimum absolute atomic E-state index is 0.179. The van der Waals surface area contributed by atoms with Crippen LogP contribution in [-0.2, 0) is 4.79 Å². The molecule has 0 saturated carbocycles. The normalized spacial score (nSPS) is 18.1. The molecule has 0 amide bonds. The molecule has 1 aliphatic rings. The Hall–Kier alpha value is -2.62. The van der Waals surface area contributed by atoms with Crippen LogP contribution in [-0.4, -0.2) is 28.6 Å². The monoisotopic (exact) mass is 391 g/mol. The van der Waals surface area contributed by atoms with Crippen molar-refractivity contribution in [3.63, 3.8) is 0 Å². The highest BCUT2D eigenvalue weighted by Crippen LogP contribution is 2.38. The van der Waals surface area contributed by atoms with E-state index in [1.807, 2.05) is 42.5 Å². The van der Waals surface area contributed by atoms with Crippen LogP contribution in [0.3, 0.4) is 0 Å². The molecule has 1 fully saturated rings. The lowest BCUT2D eigenvalue weighted by molar-refractivity contribution is -0.142. The van der Waals surface area contributed by atoms with E-state index < -0.39 is 12.0 Å². The maximum Gasteiger partial charge on any atom is 0.320 e. The van der Waals surface area contributed by atoms with Crippen molar-refractivity contribution in [2.24, 2.45) is 0 Å². The molecular formula is C24H22ClNO2. The topological polar surface area (TPSA) is 40.5 Å². The molecule has 2 atom stereocenters. The summed E-state index contributed by atoms with van der Waals surface area (Å²) in [5, 5.41) is 10.4. The first-order chi connectivity index (χ1) is 13.6. The zero-order chi connectivity index (χ0) is 19.5. The number of hydrogen-bond donors (Lipinski definition) is 1. The Bertz CT molecular complexity index is 956. The van der Waals surface area contributed by atoms with Gasteiger partial charge in [0.15, 0.2) is 0 Å². The second-order valence-corrected chi connectivity index (χ2v) is 7.55. The van der Waals surface area contributed by atoms with Gasteiger partial charge >= 0.3 is 5.97 Å². The highest BCUT2D eigenvalue weighted by Gasteiger charge is 2.37. The number of carboxylic acid groups (broad SMARTS) is 1. The summed E-state index contributed by atoms with van der Waals surface area (Å²) in [4.78, 5) is 13.9. The highest BCUT2D eigenvalue weighted by atomic mass is 35.5. The van der Waals surface area contributed by atoms with Crippen molar-refractivity contribution >= 4 is 17.6 Å². The third-order valence-electron chi connectivity index (χ3n) is 5.44. The van der Waals surface area contributed by atoms with Crippen molar-refractivity contribution in [1.29, 1.82) is 0 Å². The first kappa shape index (κ1) is 18.7. The first-order valence-electron chi connectivity index (χ1n) is 9.53. The summed E-state index contributed by atoms with van der Waals surface area (Å²) in [5.74, 6) is -0.768. The molecule has 2 unspecified atom stereocenters. The maximum atomic E-state index is 11.8. The van der Waals surface area contributed by atoms with Gasteiger partial charge in [0.25, 0.3) is 0 Å². The number of carboxylic acids is 1. The number of carbonyl (C=O) groups is 1. The van der Waals surface area contributed by atoms with Crippen LogP contribution in [0, 0.1) is 0 Å². The third kappa shape index (κ3) is 3.68. The molecule has 4 heteroatoms. The molecule has 3 nitrogen and oxygen atoms in total. The van der Waals surface area contributed by atoms with Gasteiger partial charge in [0.1, 0.15) is 6.04 Å². The van der Waals surface area contributed by atoms with Gasteiger partial charge in [0.2, 0.25) is 0 Å². The SMILES string of the molecule is O=C(O)C1CCCN1C(c1ccc(-c2ccccc2)cc1)c1ccccc1Cl. The van der Waals surface area contributed by atoms with Crippen LogP contribution in [0.2, 0.25) is 5.02 Å². The van der Waals surface area contributed by atoms with Crippen LogP contribution >= 0.6 is 11.6 Å². The van der Waals surface area contributed by atoms with E-state index in [2.05, 4.69) is 41.3 Å². The van der Waals surface area contributed by atoms with Crippen LogP contribution in [0.4, 0.5) is 0 Å². The molecule has 28 heavy (non-hydrogen) atoms. The summed E-state index contributed by atoms with van der Waals surface area (Å²) in [6.07, 6.45) is 1.54. The molecule has 1 aliphatic heterocycles. The Balaban J connectivity index is 1.76. The van der Waals surface area contributed by atoms with E-state index in [1.165, 1.54) is 0 Å². The average Bonchev–Trinajstić information content (AvgIpc) is 3.21. The summed E-state index contributed by atoms with van der Waals surface area (Å²) in [6, 6.07) is 25.7. The summed E-state index contributed by atoms with van der Waals surface area (Å²) in [5.41, 5.74) is 4.30. The molecular weight excluding hydrogens is 370 g/mol. The Kier molecular flexibility index (Phi) is 5.47. The lowest BCUT2D eigenvalue weighted by Gasteiger charge is -2.32. The van der Waals surface area contributed by atoms with E-state index in [9.17, 15) is 9.90 Å². The molecule has 0 spiro atoms. The third-order valence-corrected chi connectivity index (χ3v) is 5.79. The fourth-order valence-electron chi connectivity index (χ4n) is 4.10. The minimum atomic E-state index is -0.768. The summed E-state index contributed by atoms with van der Waals surface area (Å²) < 4.78 is 0. The van der Waals surface area contributed by atoms with E-state index in [1.54, 1.807) is 0 Å². The summed E-state index contributed by atoms with van der Waals surface area (Å²) >= 11 is 6.53. The van der Waals surface area contributed by atoms with E-state index >= 15 is 0 Å². The van der Waals surface area contributed by atoms with Crippen molar-refractivity contribution in [1.82, 2.24) is 4.90 Å². The Morgan fingerprint density at radius 3 is 2.25 bits per heavy atom. The molecule has 4 rings (SSSR count). The predicted octanol–water partition coefficient (Wildman–Crippen LogP) is 5.65. The van der Waals surface area contributed by atoms with Crippen molar-refractivity contribution < 1.29 is 9.90 Å². The highest BCUT2D eigenvalue weighted by molar-refractivity contribution is 6.31. The lowest BCUT2D eigenvalue weighted by atomic mass is 9.94. The van der Waals surface area contributed by atoms with Crippen molar-refractivity contribution in [3.05, 3.63) is 95.0 Å². The molecule has 0 aliphatic carbocycles. The lowest BCUT2D eigenvalue weighted by Crippen LogP contribution is -2.39. The van der Waals surface area contributed by atoms with Gasteiger partial charge in [0, 0.05) is 11.6 Å². The number of benzene rings is 3. The van der Waals surface area contributed by atoms with Crippen LogP contribution in [0.15, 0.2) is 78.9 Å². The van der Waals surface area contributed by atoms with Gasteiger partial charge in [0.05, 0.1) is 6.04 Å². The molecule has 1 heterocycles. The number of rotatable bonds is 5. The zero-order valence-corrected chi connectivity index (χ0v) is 16.2. The predicted molar refractivity (Wildman–Crippen MR) is 113 cm³/mol. The molecule has 1 N–H and O–H groups in total. The Labute approximate surface area is 170 Å². The fourth-order valence-corrected chi connectivity index (χ4v) is 4.34. The van der Waals surface area contributed by atoms with Gasteiger partial charge in [-0.15, -0.1) is 0 Å². The smallest absolute Gasteiger partial charge is 0.320 e. The van der Waals surface area contributed by atoms with Crippen molar-refractivity contribution in [2.45, 2.75) is 24.9 Å². The quantitative estimate of drug-likeness (QED) is 0.611. The number of likely N-dealkylation sites (tertiary alicyclic amines) is 1. The standard InChI is InChI=1S/C24H22ClNO2/c25-21-10-5-4-9-20(21)23(26-16-6-11-22(26)24(27)28)19-14-12-18(13-15-19)17-7-2-1-3-8-17/h1-5,7-10,12-15,22-23H,6,11,16H2,(H,27,28). The summed E-state index contributed by atoms with van der Waals surface area (Å²) in [7, 11) is 0. The Morgan fingerprint density at radius 2 is 1.57 bits per heavy atom. The number of nitrogens with zero attached hydrogens (tertiary/aromatic N) is 1.